The summed E-state index contributed by atoms with van der Waals surface area (Å²) in [5.41, 5.74) is 1.18. The molecule has 0 aromatic heterocycles. The van der Waals surface area contributed by atoms with Crippen molar-refractivity contribution in [3.8, 4) is 11.5 Å². The van der Waals surface area contributed by atoms with Crippen molar-refractivity contribution in [3.05, 3.63) is 55.9 Å². The lowest BCUT2D eigenvalue weighted by atomic mass is 10.1. The molecule has 30 heavy (non-hydrogen) atoms. The molecule has 0 saturated carbocycles. The highest BCUT2D eigenvalue weighted by Gasteiger charge is 2.25. The fourth-order valence-electron chi connectivity index (χ4n) is 2.54. The first kappa shape index (κ1) is 22.8. The zero-order chi connectivity index (χ0) is 21.8. The van der Waals surface area contributed by atoms with E-state index in [1.807, 2.05) is 13.8 Å². The Morgan fingerprint density at radius 3 is 2.70 bits per heavy atom. The van der Waals surface area contributed by atoms with E-state index >= 15 is 0 Å². The number of carbonyl (C=O) groups is 1. The third-order valence-electron chi connectivity index (χ3n) is 4.25. The second kappa shape index (κ2) is 9.96. The van der Waals surface area contributed by atoms with Crippen LogP contribution in [0.1, 0.15) is 25.8 Å². The number of hydrogen-bond acceptors (Lipinski definition) is 5. The second-order valence-corrected chi connectivity index (χ2v) is 8.65. The molecule has 0 aliphatic carbocycles. The van der Waals surface area contributed by atoms with E-state index in [0.29, 0.717) is 47.9 Å². The molecule has 0 unspecified atom stereocenters. The minimum atomic E-state index is -0.271. The van der Waals surface area contributed by atoms with Crippen molar-refractivity contribution in [2.45, 2.75) is 26.4 Å². The number of rotatable bonds is 6. The molecule has 5 nitrogen and oxygen atoms in total. The van der Waals surface area contributed by atoms with Gasteiger partial charge in [0.25, 0.3) is 5.91 Å². The molecule has 1 atom stereocenters. The predicted molar refractivity (Wildman–Crippen MR) is 126 cm³/mol. The van der Waals surface area contributed by atoms with Gasteiger partial charge in [-0.25, -0.2) is 4.99 Å². The van der Waals surface area contributed by atoms with Crippen molar-refractivity contribution in [2.75, 3.05) is 7.11 Å². The van der Waals surface area contributed by atoms with Gasteiger partial charge in [0.15, 0.2) is 16.7 Å². The standard InChI is InChI=1S/C21H19Cl3N2O3S/c1-4-11(2)29-19-14(23)8-12(9-16(19)28-3)10-17-20(27)26-21(30-17)25-15-7-5-6-13(22)18(15)24/h5-11H,4H2,1-3H3,(H,25,26,27)/b17-10+/t11-/m1/s1. The average molecular weight is 486 g/mol. The molecule has 0 radical (unpaired) electrons. The molecule has 0 bridgehead atoms. The maximum atomic E-state index is 12.4. The van der Waals surface area contributed by atoms with E-state index < -0.39 is 0 Å². The van der Waals surface area contributed by atoms with Crippen LogP contribution in [0.25, 0.3) is 6.08 Å². The smallest absolute Gasteiger partial charge is 0.264 e. The number of thioether (sulfide) groups is 1. The van der Waals surface area contributed by atoms with E-state index in [4.69, 9.17) is 44.3 Å². The number of aliphatic imine (C=N–C) groups is 1. The van der Waals surface area contributed by atoms with Gasteiger partial charge in [0.1, 0.15) is 0 Å². The lowest BCUT2D eigenvalue weighted by Crippen LogP contribution is -2.19. The molecule has 0 spiro atoms. The maximum absolute atomic E-state index is 12.4. The summed E-state index contributed by atoms with van der Waals surface area (Å²) < 4.78 is 11.3. The van der Waals surface area contributed by atoms with Gasteiger partial charge in [0.05, 0.1) is 38.9 Å². The molecule has 2 aromatic carbocycles. The Bertz CT molecular complexity index is 1040. The number of benzene rings is 2. The van der Waals surface area contributed by atoms with Crippen LogP contribution in [0.3, 0.4) is 0 Å². The number of amidine groups is 1. The van der Waals surface area contributed by atoms with E-state index in [2.05, 4.69) is 10.3 Å². The first-order valence-corrected chi connectivity index (χ1v) is 11.0. The van der Waals surface area contributed by atoms with Crippen molar-refractivity contribution >= 4 is 69.4 Å². The minimum Gasteiger partial charge on any atom is -0.493 e. The number of amides is 1. The van der Waals surface area contributed by atoms with Crippen LogP contribution in [0.4, 0.5) is 5.69 Å². The fraction of sp³-hybridized carbons (Fsp3) is 0.238. The second-order valence-electron chi connectivity index (χ2n) is 6.43. The quantitative estimate of drug-likeness (QED) is 0.461. The Morgan fingerprint density at radius 1 is 1.23 bits per heavy atom. The van der Waals surface area contributed by atoms with Crippen molar-refractivity contribution < 1.29 is 14.3 Å². The highest BCUT2D eigenvalue weighted by molar-refractivity contribution is 8.18. The zero-order valence-corrected chi connectivity index (χ0v) is 19.5. The number of ether oxygens (including phenoxy) is 2. The van der Waals surface area contributed by atoms with Gasteiger partial charge in [0, 0.05) is 0 Å². The number of methoxy groups -OCH3 is 1. The molecular formula is C21H19Cl3N2O3S. The summed E-state index contributed by atoms with van der Waals surface area (Å²) in [6.45, 7) is 3.98. The Kier molecular flexibility index (Phi) is 7.58. The summed E-state index contributed by atoms with van der Waals surface area (Å²) in [5, 5.41) is 4.26. The Morgan fingerprint density at radius 2 is 2.00 bits per heavy atom. The van der Waals surface area contributed by atoms with Crippen LogP contribution in [-0.2, 0) is 4.79 Å². The largest absolute Gasteiger partial charge is 0.493 e. The van der Waals surface area contributed by atoms with Crippen LogP contribution in [0, 0.1) is 0 Å². The normalized spacial score (nSPS) is 17.3. The van der Waals surface area contributed by atoms with Gasteiger partial charge in [-0.15, -0.1) is 0 Å². The van der Waals surface area contributed by atoms with Crippen LogP contribution in [0.5, 0.6) is 11.5 Å². The van der Waals surface area contributed by atoms with Crippen molar-refractivity contribution in [2.24, 2.45) is 4.99 Å². The molecule has 1 aliphatic rings. The zero-order valence-electron chi connectivity index (χ0n) is 16.5. The Balaban J connectivity index is 1.88. The summed E-state index contributed by atoms with van der Waals surface area (Å²) >= 11 is 19.8. The van der Waals surface area contributed by atoms with E-state index in [-0.39, 0.29) is 12.0 Å². The summed E-state index contributed by atoms with van der Waals surface area (Å²) in [6.07, 6.45) is 2.54. The summed E-state index contributed by atoms with van der Waals surface area (Å²) in [5.74, 6) is 0.710. The number of halogens is 3. The number of carbonyl (C=O) groups excluding carboxylic acids is 1. The molecule has 9 heteroatoms. The summed E-state index contributed by atoms with van der Waals surface area (Å²) in [7, 11) is 1.54. The van der Waals surface area contributed by atoms with E-state index in [9.17, 15) is 4.79 Å². The van der Waals surface area contributed by atoms with Gasteiger partial charge < -0.3 is 14.8 Å². The number of nitrogens with zero attached hydrogens (tertiary/aromatic N) is 1. The van der Waals surface area contributed by atoms with Crippen LogP contribution in [0.15, 0.2) is 40.2 Å². The van der Waals surface area contributed by atoms with Crippen molar-refractivity contribution in [1.29, 1.82) is 0 Å². The van der Waals surface area contributed by atoms with Gasteiger partial charge in [-0.3, -0.25) is 4.79 Å². The average Bonchev–Trinajstić information content (AvgIpc) is 3.05. The van der Waals surface area contributed by atoms with E-state index in [1.54, 1.807) is 43.5 Å². The number of nitrogens with one attached hydrogen (secondary N) is 1. The highest BCUT2D eigenvalue weighted by Crippen LogP contribution is 2.39. The summed E-state index contributed by atoms with van der Waals surface area (Å²) in [4.78, 5) is 17.2. The van der Waals surface area contributed by atoms with Gasteiger partial charge in [0.2, 0.25) is 0 Å². The van der Waals surface area contributed by atoms with Crippen LogP contribution in [0.2, 0.25) is 15.1 Å². The fourth-order valence-corrected chi connectivity index (χ4v) is 3.98. The predicted octanol–water partition coefficient (Wildman–Crippen LogP) is 6.72. The third-order valence-corrected chi connectivity index (χ3v) is 6.25. The molecule has 1 heterocycles. The van der Waals surface area contributed by atoms with Crippen LogP contribution in [-0.4, -0.2) is 24.3 Å². The molecule has 1 aliphatic heterocycles. The van der Waals surface area contributed by atoms with Crippen molar-refractivity contribution in [3.63, 3.8) is 0 Å². The SMILES string of the molecule is CC[C@@H](C)Oc1c(Cl)cc(/C=C2/SC(=Nc3cccc(Cl)c3Cl)NC2=O)cc1OC. The molecule has 158 valence electrons. The van der Waals surface area contributed by atoms with Gasteiger partial charge >= 0.3 is 0 Å². The van der Waals surface area contributed by atoms with Gasteiger partial charge in [-0.1, -0.05) is 47.8 Å². The van der Waals surface area contributed by atoms with Gasteiger partial charge in [-0.05, 0) is 61.0 Å². The molecular weight excluding hydrogens is 467 g/mol. The highest BCUT2D eigenvalue weighted by atomic mass is 35.5. The molecule has 1 N–H and O–H groups in total. The monoisotopic (exact) mass is 484 g/mol. The first-order valence-electron chi connectivity index (χ1n) is 9.10. The third kappa shape index (κ3) is 5.24. The maximum Gasteiger partial charge on any atom is 0.264 e. The molecule has 1 saturated heterocycles. The van der Waals surface area contributed by atoms with Crippen LogP contribution >= 0.6 is 46.6 Å². The van der Waals surface area contributed by atoms with Crippen molar-refractivity contribution in [1.82, 2.24) is 5.32 Å². The molecule has 2 aromatic rings. The minimum absolute atomic E-state index is 0.00569. The van der Waals surface area contributed by atoms with Gasteiger partial charge in [-0.2, -0.15) is 0 Å². The molecule has 1 fully saturated rings. The van der Waals surface area contributed by atoms with E-state index in [1.165, 1.54) is 11.8 Å². The molecule has 3 rings (SSSR count). The Hall–Kier alpha value is -1.86. The topological polar surface area (TPSA) is 59.9 Å². The Labute approximate surface area is 194 Å². The number of hydrogen-bond donors (Lipinski definition) is 1. The summed E-state index contributed by atoms with van der Waals surface area (Å²) in [6, 6.07) is 8.63. The lowest BCUT2D eigenvalue weighted by Gasteiger charge is -2.17. The lowest BCUT2D eigenvalue weighted by molar-refractivity contribution is -0.115. The van der Waals surface area contributed by atoms with Crippen LogP contribution < -0.4 is 14.8 Å². The molecule has 1 amide bonds. The van der Waals surface area contributed by atoms with E-state index in [0.717, 1.165) is 6.42 Å². The first-order chi connectivity index (χ1) is 14.3.